The highest BCUT2D eigenvalue weighted by Crippen LogP contribution is 2.67. The van der Waals surface area contributed by atoms with Gasteiger partial charge in [-0.25, -0.2) is 0 Å². The Balaban J connectivity index is 1.69. The SMILES string of the molecule is C#C[C@]1(O)CC[C@@H]2[C@H]3CC=C4C=C(C(C)(C)C(=O)[O-])CC[C@]4(C)[C@H]3CC[C@@]21C. The van der Waals surface area contributed by atoms with Crippen molar-refractivity contribution in [1.29, 1.82) is 0 Å². The lowest BCUT2D eigenvalue weighted by Gasteiger charge is -2.58. The molecule has 0 aliphatic heterocycles. The first kappa shape index (κ1) is 19.8. The molecule has 4 aliphatic rings. The smallest absolute Gasteiger partial charge is 0.130 e. The van der Waals surface area contributed by atoms with E-state index < -0.39 is 17.0 Å². The predicted octanol–water partition coefficient (Wildman–Crippen LogP) is 3.63. The third-order valence-corrected chi connectivity index (χ3v) is 9.47. The molecule has 0 saturated heterocycles. The molecule has 3 nitrogen and oxygen atoms in total. The van der Waals surface area contributed by atoms with Gasteiger partial charge in [0.1, 0.15) is 5.60 Å². The van der Waals surface area contributed by atoms with Crippen molar-refractivity contribution in [3.05, 3.63) is 23.3 Å². The summed E-state index contributed by atoms with van der Waals surface area (Å²) in [5.41, 5.74) is 0.324. The Hall–Kier alpha value is -1.53. The van der Waals surface area contributed by atoms with E-state index in [-0.39, 0.29) is 10.8 Å². The van der Waals surface area contributed by atoms with E-state index in [2.05, 4.69) is 31.9 Å². The monoisotopic (exact) mass is 381 g/mol. The van der Waals surface area contributed by atoms with Crippen molar-refractivity contribution in [2.24, 2.45) is 34.0 Å². The predicted molar refractivity (Wildman–Crippen MR) is 108 cm³/mol. The Labute approximate surface area is 169 Å². The fourth-order valence-corrected chi connectivity index (χ4v) is 7.20. The number of allylic oxidation sites excluding steroid dienone is 3. The van der Waals surface area contributed by atoms with E-state index in [0.29, 0.717) is 24.2 Å². The van der Waals surface area contributed by atoms with Crippen molar-refractivity contribution in [3.8, 4) is 12.3 Å². The number of carboxylic acid groups (broad SMARTS) is 1. The molecule has 28 heavy (non-hydrogen) atoms. The molecule has 2 fully saturated rings. The van der Waals surface area contributed by atoms with Gasteiger partial charge in [0.2, 0.25) is 0 Å². The molecule has 0 heterocycles. The second kappa shape index (κ2) is 5.99. The minimum absolute atomic E-state index is 0.0899. The van der Waals surface area contributed by atoms with Gasteiger partial charge in [0.25, 0.3) is 0 Å². The normalized spacial score (nSPS) is 45.1. The van der Waals surface area contributed by atoms with E-state index >= 15 is 0 Å². The summed E-state index contributed by atoms with van der Waals surface area (Å²) in [5, 5.41) is 22.7. The van der Waals surface area contributed by atoms with Crippen molar-refractivity contribution >= 4 is 5.97 Å². The van der Waals surface area contributed by atoms with Crippen LogP contribution in [-0.4, -0.2) is 16.7 Å². The summed E-state index contributed by atoms with van der Waals surface area (Å²) in [4.78, 5) is 11.6. The van der Waals surface area contributed by atoms with E-state index in [1.54, 1.807) is 13.8 Å². The van der Waals surface area contributed by atoms with Crippen molar-refractivity contribution in [1.82, 2.24) is 0 Å². The summed E-state index contributed by atoms with van der Waals surface area (Å²) in [6.07, 6.45) is 16.9. The van der Waals surface area contributed by atoms with Crippen LogP contribution in [0.1, 0.15) is 72.6 Å². The van der Waals surface area contributed by atoms with E-state index in [1.807, 2.05) is 0 Å². The van der Waals surface area contributed by atoms with Gasteiger partial charge in [-0.1, -0.05) is 51.3 Å². The molecular formula is C25H33O3-. The molecule has 0 amide bonds. The highest BCUT2D eigenvalue weighted by molar-refractivity contribution is 5.76. The molecular weight excluding hydrogens is 348 g/mol. The lowest BCUT2D eigenvalue weighted by molar-refractivity contribution is -0.315. The third kappa shape index (κ3) is 2.37. The molecule has 0 bridgehead atoms. The van der Waals surface area contributed by atoms with Crippen molar-refractivity contribution in [2.45, 2.75) is 78.2 Å². The highest BCUT2D eigenvalue weighted by atomic mass is 16.4. The first-order valence-corrected chi connectivity index (χ1v) is 10.8. The number of hydrogen-bond acceptors (Lipinski definition) is 3. The molecule has 2 saturated carbocycles. The van der Waals surface area contributed by atoms with Crippen LogP contribution in [-0.2, 0) is 4.79 Å². The van der Waals surface area contributed by atoms with Crippen LogP contribution in [0, 0.1) is 46.3 Å². The summed E-state index contributed by atoms with van der Waals surface area (Å²) in [5.74, 6) is 3.35. The van der Waals surface area contributed by atoms with Crippen LogP contribution in [0.25, 0.3) is 0 Å². The molecule has 4 rings (SSSR count). The van der Waals surface area contributed by atoms with Gasteiger partial charge in [-0.2, -0.15) is 0 Å². The summed E-state index contributed by atoms with van der Waals surface area (Å²) < 4.78 is 0. The molecule has 0 aromatic carbocycles. The Morgan fingerprint density at radius 2 is 1.93 bits per heavy atom. The largest absolute Gasteiger partial charge is 0.549 e. The van der Waals surface area contributed by atoms with Crippen LogP contribution in [0.4, 0.5) is 0 Å². The molecule has 152 valence electrons. The first-order chi connectivity index (χ1) is 13.0. The zero-order valence-electron chi connectivity index (χ0n) is 17.7. The van der Waals surface area contributed by atoms with Crippen LogP contribution in [0.3, 0.4) is 0 Å². The van der Waals surface area contributed by atoms with Gasteiger partial charge in [0, 0.05) is 10.8 Å². The quantitative estimate of drug-likeness (QED) is 0.743. The van der Waals surface area contributed by atoms with Crippen LogP contribution in [0.2, 0.25) is 0 Å². The third-order valence-electron chi connectivity index (χ3n) is 9.47. The average Bonchev–Trinajstić information content (AvgIpc) is 2.92. The van der Waals surface area contributed by atoms with E-state index in [0.717, 1.165) is 44.1 Å². The second-order valence-corrected chi connectivity index (χ2v) is 10.8. The van der Waals surface area contributed by atoms with Crippen molar-refractivity contribution < 1.29 is 15.0 Å². The highest BCUT2D eigenvalue weighted by Gasteiger charge is 2.63. The van der Waals surface area contributed by atoms with Crippen LogP contribution < -0.4 is 5.11 Å². The van der Waals surface area contributed by atoms with Crippen molar-refractivity contribution in [3.63, 3.8) is 0 Å². The molecule has 0 radical (unpaired) electrons. The van der Waals surface area contributed by atoms with Gasteiger partial charge in [-0.15, -0.1) is 6.42 Å². The van der Waals surface area contributed by atoms with Gasteiger partial charge in [-0.3, -0.25) is 0 Å². The standard InChI is InChI=1S/C25H34O3/c1-6-25(28)14-11-20-18-8-7-17-15-16(22(2,3)21(26)27)9-12-23(17,4)19(18)10-13-24(20,25)5/h1,7,15,18-20,28H,8-14H2,2-5H3,(H,26,27)/p-1/t18-,19-,20+,23-,24-,25-/m0/s1. The lowest BCUT2D eigenvalue weighted by Crippen LogP contribution is -2.53. The number of rotatable bonds is 2. The van der Waals surface area contributed by atoms with Crippen LogP contribution in [0.5, 0.6) is 0 Å². The van der Waals surface area contributed by atoms with Gasteiger partial charge < -0.3 is 15.0 Å². The number of carbonyl (C=O) groups is 1. The molecule has 1 N–H and O–H groups in total. The molecule has 6 atom stereocenters. The number of carbonyl (C=O) groups excluding carboxylic acids is 1. The Kier molecular flexibility index (Phi) is 4.23. The second-order valence-electron chi connectivity index (χ2n) is 10.8. The molecule has 3 heteroatoms. The summed E-state index contributed by atoms with van der Waals surface area (Å²) in [7, 11) is 0. The summed E-state index contributed by atoms with van der Waals surface area (Å²) in [6.45, 7) is 8.10. The Morgan fingerprint density at radius 3 is 2.57 bits per heavy atom. The maximum atomic E-state index is 11.6. The van der Waals surface area contributed by atoms with Crippen LogP contribution in [0.15, 0.2) is 23.3 Å². The van der Waals surface area contributed by atoms with Crippen molar-refractivity contribution in [2.75, 3.05) is 0 Å². The summed E-state index contributed by atoms with van der Waals surface area (Å²) in [6, 6.07) is 0. The zero-order valence-corrected chi connectivity index (χ0v) is 17.7. The van der Waals surface area contributed by atoms with Gasteiger partial charge in [0.05, 0.1) is 5.97 Å². The van der Waals surface area contributed by atoms with Gasteiger partial charge in [-0.05, 0) is 73.7 Å². The number of hydrogen-bond donors (Lipinski definition) is 1. The number of fused-ring (bicyclic) bond motifs is 5. The number of carboxylic acids is 1. The minimum atomic E-state index is -0.996. The number of terminal acetylenes is 1. The molecule has 0 spiro atoms. The Bertz CT molecular complexity index is 812. The average molecular weight is 382 g/mol. The first-order valence-electron chi connectivity index (χ1n) is 10.8. The maximum Gasteiger partial charge on any atom is 0.130 e. The molecule has 4 aliphatic carbocycles. The maximum absolute atomic E-state index is 11.6. The molecule has 0 unspecified atom stereocenters. The molecule has 0 aromatic rings. The Morgan fingerprint density at radius 1 is 1.25 bits per heavy atom. The fraction of sp³-hybridized carbons (Fsp3) is 0.720. The van der Waals surface area contributed by atoms with E-state index in [4.69, 9.17) is 6.42 Å². The van der Waals surface area contributed by atoms with Crippen LogP contribution >= 0.6 is 0 Å². The van der Waals surface area contributed by atoms with E-state index in [1.165, 1.54) is 5.57 Å². The van der Waals surface area contributed by atoms with Gasteiger partial charge in [0.15, 0.2) is 0 Å². The minimum Gasteiger partial charge on any atom is -0.549 e. The zero-order chi connectivity index (χ0) is 20.5. The number of aliphatic carboxylic acids is 1. The lowest BCUT2D eigenvalue weighted by atomic mass is 9.47. The molecule has 0 aromatic heterocycles. The summed E-state index contributed by atoms with van der Waals surface area (Å²) >= 11 is 0. The van der Waals surface area contributed by atoms with E-state index in [9.17, 15) is 15.0 Å². The van der Waals surface area contributed by atoms with Gasteiger partial charge >= 0.3 is 0 Å². The number of aliphatic hydroxyl groups is 1. The topological polar surface area (TPSA) is 60.4 Å². The fourth-order valence-electron chi connectivity index (χ4n) is 7.20.